The normalized spacial score (nSPS) is 11.1. The number of anilines is 1. The smallest absolute Gasteiger partial charge is 0.280 e. The number of rotatable bonds is 8. The highest BCUT2D eigenvalue weighted by Gasteiger charge is 2.22. The van der Waals surface area contributed by atoms with Crippen molar-refractivity contribution in [3.8, 4) is 17.0 Å². The van der Waals surface area contributed by atoms with Crippen LogP contribution in [0.2, 0.25) is 0 Å². The molecule has 5 rings (SSSR count). The number of amides is 1. The predicted molar refractivity (Wildman–Crippen MR) is 139 cm³/mol. The molecular weight excluding hydrogens is 530 g/mol. The van der Waals surface area contributed by atoms with Crippen molar-refractivity contribution in [2.24, 2.45) is 0 Å². The molecule has 0 saturated carbocycles. The monoisotopic (exact) mass is 548 g/mol. The molecule has 196 valence electrons. The number of nitrogens with zero attached hydrogens (tertiary/aromatic N) is 5. The first-order valence-electron chi connectivity index (χ1n) is 11.3. The zero-order valence-electron chi connectivity index (χ0n) is 20.1. The number of aromatic nitrogens is 4. The van der Waals surface area contributed by atoms with Gasteiger partial charge in [-0.2, -0.15) is 5.10 Å². The van der Waals surface area contributed by atoms with Crippen molar-refractivity contribution >= 4 is 34.7 Å². The van der Waals surface area contributed by atoms with Gasteiger partial charge in [0, 0.05) is 34.5 Å². The van der Waals surface area contributed by atoms with Gasteiger partial charge in [0.25, 0.3) is 18.0 Å². The van der Waals surface area contributed by atoms with Gasteiger partial charge in [-0.3, -0.25) is 14.9 Å². The molecule has 2 aromatic carbocycles. The second-order valence-corrected chi connectivity index (χ2v) is 9.18. The summed E-state index contributed by atoms with van der Waals surface area (Å²) in [7, 11) is 1.51. The fourth-order valence-electron chi connectivity index (χ4n) is 3.76. The van der Waals surface area contributed by atoms with Crippen molar-refractivity contribution in [3.63, 3.8) is 0 Å². The van der Waals surface area contributed by atoms with Crippen LogP contribution in [0.4, 0.5) is 20.2 Å². The van der Waals surface area contributed by atoms with E-state index in [1.807, 2.05) is 0 Å². The van der Waals surface area contributed by atoms with Crippen molar-refractivity contribution in [3.05, 3.63) is 100 Å². The molecule has 3 aromatic heterocycles. The van der Waals surface area contributed by atoms with Crippen LogP contribution in [0.15, 0.2) is 89.0 Å². The maximum atomic E-state index is 13.9. The summed E-state index contributed by atoms with van der Waals surface area (Å²) >= 11 is 1.18. The van der Waals surface area contributed by atoms with Crippen LogP contribution in [-0.2, 0) is 0 Å². The summed E-state index contributed by atoms with van der Waals surface area (Å²) in [5, 5.41) is 18.7. The van der Waals surface area contributed by atoms with Crippen LogP contribution < -0.4 is 10.1 Å². The Morgan fingerprint density at radius 3 is 2.59 bits per heavy atom. The molecule has 0 unspecified atom stereocenters. The molecule has 0 aliphatic rings. The molecule has 10 nitrogen and oxygen atoms in total. The Balaban J connectivity index is 1.52. The molecule has 13 heteroatoms. The van der Waals surface area contributed by atoms with Crippen LogP contribution in [0.1, 0.15) is 22.5 Å². The number of nitro groups is 1. The van der Waals surface area contributed by atoms with E-state index in [-0.39, 0.29) is 28.3 Å². The summed E-state index contributed by atoms with van der Waals surface area (Å²) < 4.78 is 33.9. The molecule has 3 heterocycles. The third-order valence-electron chi connectivity index (χ3n) is 5.57. The summed E-state index contributed by atoms with van der Waals surface area (Å²) in [5.74, 6) is -0.144. The molecule has 0 spiro atoms. The number of nitrogens with one attached hydrogen (secondary N) is 1. The van der Waals surface area contributed by atoms with E-state index in [2.05, 4.69) is 20.4 Å². The Labute approximate surface area is 223 Å². The van der Waals surface area contributed by atoms with E-state index >= 15 is 0 Å². The van der Waals surface area contributed by atoms with Gasteiger partial charge in [-0.05, 0) is 48.5 Å². The third kappa shape index (κ3) is 5.52. The number of hydrogen-bond acceptors (Lipinski definition) is 8. The molecule has 0 aliphatic heterocycles. The van der Waals surface area contributed by atoms with Gasteiger partial charge < -0.3 is 10.1 Å². The van der Waals surface area contributed by atoms with Gasteiger partial charge in [0.1, 0.15) is 22.0 Å². The molecule has 0 aliphatic carbocycles. The van der Waals surface area contributed by atoms with Crippen molar-refractivity contribution in [2.75, 3.05) is 12.4 Å². The largest absolute Gasteiger partial charge is 0.497 e. The molecule has 5 aromatic rings. The number of ether oxygens (including phenoxy) is 1. The lowest BCUT2D eigenvalue weighted by Crippen LogP contribution is -2.13. The average Bonchev–Trinajstić information content (AvgIpc) is 3.37. The molecule has 39 heavy (non-hydrogen) atoms. The highest BCUT2D eigenvalue weighted by atomic mass is 32.2. The van der Waals surface area contributed by atoms with Crippen LogP contribution in [0.25, 0.3) is 16.9 Å². The number of non-ortho nitro benzene ring substituents is 1. The van der Waals surface area contributed by atoms with E-state index < -0.39 is 22.9 Å². The number of benzene rings is 2. The second kappa shape index (κ2) is 10.8. The number of halogens is 2. The highest BCUT2D eigenvalue weighted by Crippen LogP contribution is 2.33. The topological polar surface area (TPSA) is 125 Å². The van der Waals surface area contributed by atoms with Gasteiger partial charge in [-0.15, -0.1) is 0 Å². The molecule has 0 bridgehead atoms. The van der Waals surface area contributed by atoms with Crippen molar-refractivity contribution in [1.29, 1.82) is 0 Å². The van der Waals surface area contributed by atoms with Gasteiger partial charge in [-0.25, -0.2) is 23.3 Å². The van der Waals surface area contributed by atoms with E-state index in [1.165, 1.54) is 37.1 Å². The standard InChI is InChI=1S/C26H18F2N6O4S/c1-38-18-7-5-15(6-8-18)21-13-22(24(27)28)33-25(32-21)20(14-30-33)26(35)31-16-10-17(34(36)37)12-19(11-16)39-23-4-2-3-9-29-23/h2-14,24H,1H3,(H,31,35). The molecule has 0 fully saturated rings. The fraction of sp³-hybridized carbons (Fsp3) is 0.0769. The van der Waals surface area contributed by atoms with Gasteiger partial charge in [0.15, 0.2) is 5.65 Å². The lowest BCUT2D eigenvalue weighted by molar-refractivity contribution is -0.385. The summed E-state index contributed by atoms with van der Waals surface area (Å²) in [6, 6.07) is 17.2. The fourth-order valence-corrected chi connectivity index (χ4v) is 4.63. The number of nitro benzene ring substituents is 1. The molecule has 0 atom stereocenters. The Bertz CT molecular complexity index is 1680. The first-order chi connectivity index (χ1) is 18.8. The quantitative estimate of drug-likeness (QED) is 0.184. The Hall–Kier alpha value is -4.91. The summed E-state index contributed by atoms with van der Waals surface area (Å²) in [6.07, 6.45) is -0.178. The van der Waals surface area contributed by atoms with Crippen LogP contribution >= 0.6 is 11.8 Å². The van der Waals surface area contributed by atoms with E-state index in [4.69, 9.17) is 4.74 Å². The number of alkyl halides is 2. The van der Waals surface area contributed by atoms with Crippen LogP contribution in [-0.4, -0.2) is 37.5 Å². The van der Waals surface area contributed by atoms with Crippen LogP contribution in [0, 0.1) is 10.1 Å². The molecule has 0 saturated heterocycles. The third-order valence-corrected chi connectivity index (χ3v) is 6.50. The first kappa shape index (κ1) is 25.7. The average molecular weight is 549 g/mol. The van der Waals surface area contributed by atoms with Gasteiger partial charge >= 0.3 is 0 Å². The SMILES string of the molecule is COc1ccc(-c2cc(C(F)F)n3ncc(C(=O)Nc4cc(Sc5ccccn5)cc([N+](=O)[O-])c4)c3n2)cc1. The minimum Gasteiger partial charge on any atom is -0.497 e. The Kier molecular flexibility index (Phi) is 7.14. The van der Waals surface area contributed by atoms with Crippen LogP contribution in [0.3, 0.4) is 0 Å². The number of pyridine rings is 1. The van der Waals surface area contributed by atoms with E-state index in [0.29, 0.717) is 21.2 Å². The van der Waals surface area contributed by atoms with Gasteiger partial charge in [0.05, 0.1) is 23.9 Å². The number of carbonyl (C=O) groups is 1. The number of methoxy groups -OCH3 is 1. The molecular formula is C26H18F2N6O4S. The minimum absolute atomic E-state index is 0.0855. The zero-order chi connectivity index (χ0) is 27.5. The minimum atomic E-state index is -2.90. The van der Waals surface area contributed by atoms with Crippen molar-refractivity contribution in [2.45, 2.75) is 16.3 Å². The highest BCUT2D eigenvalue weighted by molar-refractivity contribution is 7.99. The number of fused-ring (bicyclic) bond motifs is 1. The maximum absolute atomic E-state index is 13.9. The summed E-state index contributed by atoms with van der Waals surface area (Å²) in [6.45, 7) is 0. The van der Waals surface area contributed by atoms with E-state index in [1.54, 1.807) is 54.7 Å². The van der Waals surface area contributed by atoms with Gasteiger partial charge in [-0.1, -0.05) is 17.8 Å². The number of hydrogen-bond donors (Lipinski definition) is 1. The molecule has 1 N–H and O–H groups in total. The lowest BCUT2D eigenvalue weighted by Gasteiger charge is -2.10. The molecule has 1 amide bonds. The second-order valence-electron chi connectivity index (χ2n) is 8.09. The Morgan fingerprint density at radius 2 is 1.92 bits per heavy atom. The molecule has 0 radical (unpaired) electrons. The maximum Gasteiger partial charge on any atom is 0.280 e. The van der Waals surface area contributed by atoms with E-state index in [9.17, 15) is 23.7 Å². The van der Waals surface area contributed by atoms with Crippen molar-refractivity contribution in [1.82, 2.24) is 19.6 Å². The number of carbonyl (C=O) groups excluding carboxylic acids is 1. The summed E-state index contributed by atoms with van der Waals surface area (Å²) in [5.41, 5.74) is -0.00278. The van der Waals surface area contributed by atoms with Crippen LogP contribution in [0.5, 0.6) is 5.75 Å². The van der Waals surface area contributed by atoms with Crippen molar-refractivity contribution < 1.29 is 23.2 Å². The zero-order valence-corrected chi connectivity index (χ0v) is 20.9. The van der Waals surface area contributed by atoms with Gasteiger partial charge in [0.2, 0.25) is 0 Å². The van der Waals surface area contributed by atoms with E-state index in [0.717, 1.165) is 10.7 Å². The first-order valence-corrected chi connectivity index (χ1v) is 12.1. The Morgan fingerprint density at radius 1 is 1.13 bits per heavy atom. The lowest BCUT2D eigenvalue weighted by atomic mass is 10.1. The predicted octanol–water partition coefficient (Wildman–Crippen LogP) is 6.05. The summed E-state index contributed by atoms with van der Waals surface area (Å²) in [4.78, 5) is 33.3.